The molecule has 0 saturated heterocycles. The van der Waals surface area contributed by atoms with Gasteiger partial charge in [-0.15, -0.1) is 0 Å². The Kier molecular flexibility index (Phi) is 4.42. The van der Waals surface area contributed by atoms with Crippen molar-refractivity contribution in [2.24, 2.45) is 5.92 Å². The van der Waals surface area contributed by atoms with E-state index in [-0.39, 0.29) is 0 Å². The maximum absolute atomic E-state index is 5.50. The molecule has 4 heteroatoms. The van der Waals surface area contributed by atoms with Gasteiger partial charge in [0, 0.05) is 20.1 Å². The van der Waals surface area contributed by atoms with E-state index in [1.165, 1.54) is 32.1 Å². The Bertz CT molecular complexity index is 331. The van der Waals surface area contributed by atoms with Gasteiger partial charge in [-0.3, -0.25) is 0 Å². The summed E-state index contributed by atoms with van der Waals surface area (Å²) in [7, 11) is 3.99. The fourth-order valence-corrected chi connectivity index (χ4v) is 2.57. The molecule has 0 atom stereocenters. The Morgan fingerprint density at radius 1 is 1.41 bits per heavy atom. The number of hydrogen-bond acceptors (Lipinski definition) is 4. The zero-order valence-electron chi connectivity index (χ0n) is 10.9. The molecule has 0 unspecified atom stereocenters. The van der Waals surface area contributed by atoms with E-state index in [9.17, 15) is 0 Å². The summed E-state index contributed by atoms with van der Waals surface area (Å²) in [4.78, 5) is 6.61. The molecule has 1 fully saturated rings. The second-order valence-electron chi connectivity index (χ2n) is 5.04. The van der Waals surface area contributed by atoms with E-state index in [0.717, 1.165) is 30.7 Å². The molecule has 1 N–H and O–H groups in total. The van der Waals surface area contributed by atoms with Crippen LogP contribution in [0.2, 0.25) is 0 Å². The Morgan fingerprint density at radius 2 is 2.18 bits per heavy atom. The molecule has 1 aromatic heterocycles. The molecule has 1 aromatic rings. The SMILES string of the molecule is CNCc1coc(N(C)CC2CCCCC2)n1. The van der Waals surface area contributed by atoms with Crippen molar-refractivity contribution in [1.29, 1.82) is 0 Å². The van der Waals surface area contributed by atoms with Gasteiger partial charge < -0.3 is 14.6 Å². The van der Waals surface area contributed by atoms with E-state index in [0.29, 0.717) is 0 Å². The van der Waals surface area contributed by atoms with Gasteiger partial charge in [-0.05, 0) is 25.8 Å². The molecule has 17 heavy (non-hydrogen) atoms. The summed E-state index contributed by atoms with van der Waals surface area (Å²) < 4.78 is 5.50. The maximum Gasteiger partial charge on any atom is 0.297 e. The zero-order chi connectivity index (χ0) is 12.1. The highest BCUT2D eigenvalue weighted by atomic mass is 16.4. The summed E-state index contributed by atoms with van der Waals surface area (Å²) in [6.07, 6.45) is 8.63. The van der Waals surface area contributed by atoms with Crippen LogP contribution >= 0.6 is 0 Å². The number of rotatable bonds is 5. The summed E-state index contributed by atoms with van der Waals surface area (Å²) >= 11 is 0. The van der Waals surface area contributed by atoms with Crippen molar-refractivity contribution in [1.82, 2.24) is 10.3 Å². The van der Waals surface area contributed by atoms with Crippen LogP contribution < -0.4 is 10.2 Å². The van der Waals surface area contributed by atoms with E-state index in [2.05, 4.69) is 22.2 Å². The van der Waals surface area contributed by atoms with Gasteiger partial charge in [0.1, 0.15) is 6.26 Å². The van der Waals surface area contributed by atoms with Crippen LogP contribution in [0.1, 0.15) is 37.8 Å². The average Bonchev–Trinajstić information content (AvgIpc) is 2.79. The minimum absolute atomic E-state index is 0.751. The predicted molar refractivity (Wildman–Crippen MR) is 69.1 cm³/mol. The maximum atomic E-state index is 5.50. The highest BCUT2D eigenvalue weighted by Crippen LogP contribution is 2.25. The third-order valence-corrected chi connectivity index (χ3v) is 3.48. The van der Waals surface area contributed by atoms with E-state index in [1.54, 1.807) is 6.26 Å². The fourth-order valence-electron chi connectivity index (χ4n) is 2.57. The van der Waals surface area contributed by atoms with Gasteiger partial charge >= 0.3 is 0 Å². The average molecular weight is 237 g/mol. The van der Waals surface area contributed by atoms with Gasteiger partial charge in [0.2, 0.25) is 0 Å². The molecular formula is C13H23N3O. The van der Waals surface area contributed by atoms with Crippen molar-refractivity contribution in [3.63, 3.8) is 0 Å². The van der Waals surface area contributed by atoms with Gasteiger partial charge in [0.05, 0.1) is 5.69 Å². The monoisotopic (exact) mass is 237 g/mol. The molecule has 0 aromatic carbocycles. The van der Waals surface area contributed by atoms with Crippen LogP contribution in [0.3, 0.4) is 0 Å². The number of nitrogens with one attached hydrogen (secondary N) is 1. The molecular weight excluding hydrogens is 214 g/mol. The normalized spacial score (nSPS) is 17.3. The Labute approximate surface area is 103 Å². The Hall–Kier alpha value is -1.03. The highest BCUT2D eigenvalue weighted by molar-refractivity contribution is 5.25. The van der Waals surface area contributed by atoms with Crippen molar-refractivity contribution in [2.75, 3.05) is 25.5 Å². The third-order valence-electron chi connectivity index (χ3n) is 3.48. The molecule has 1 aliphatic rings. The standard InChI is InChI=1S/C13H23N3O/c1-14-8-12-10-17-13(15-12)16(2)9-11-6-4-3-5-7-11/h10-11,14H,3-9H2,1-2H3. The van der Waals surface area contributed by atoms with Crippen LogP contribution in [-0.2, 0) is 6.54 Å². The second kappa shape index (κ2) is 6.05. The summed E-state index contributed by atoms with van der Waals surface area (Å²) in [6.45, 7) is 1.83. The van der Waals surface area contributed by atoms with Crippen molar-refractivity contribution < 1.29 is 4.42 Å². The lowest BCUT2D eigenvalue weighted by atomic mass is 9.89. The highest BCUT2D eigenvalue weighted by Gasteiger charge is 2.17. The lowest BCUT2D eigenvalue weighted by Gasteiger charge is -2.25. The van der Waals surface area contributed by atoms with Crippen LogP contribution in [0, 0.1) is 5.92 Å². The quantitative estimate of drug-likeness (QED) is 0.854. The predicted octanol–water partition coefficient (Wildman–Crippen LogP) is 2.41. The molecule has 1 saturated carbocycles. The van der Waals surface area contributed by atoms with Gasteiger partial charge in [-0.1, -0.05) is 19.3 Å². The topological polar surface area (TPSA) is 41.3 Å². The molecule has 0 radical (unpaired) electrons. The smallest absolute Gasteiger partial charge is 0.297 e. The van der Waals surface area contributed by atoms with E-state index in [4.69, 9.17) is 4.42 Å². The molecule has 1 heterocycles. The van der Waals surface area contributed by atoms with Crippen molar-refractivity contribution in [3.8, 4) is 0 Å². The zero-order valence-corrected chi connectivity index (χ0v) is 10.9. The van der Waals surface area contributed by atoms with Crippen LogP contribution in [0.5, 0.6) is 0 Å². The first kappa shape index (κ1) is 12.4. The van der Waals surface area contributed by atoms with Crippen molar-refractivity contribution in [2.45, 2.75) is 38.6 Å². The van der Waals surface area contributed by atoms with Crippen LogP contribution in [0.15, 0.2) is 10.7 Å². The van der Waals surface area contributed by atoms with E-state index < -0.39 is 0 Å². The number of aromatic nitrogens is 1. The van der Waals surface area contributed by atoms with E-state index in [1.807, 2.05) is 7.05 Å². The molecule has 1 aliphatic carbocycles. The number of anilines is 1. The molecule has 96 valence electrons. The molecule has 0 bridgehead atoms. The summed E-state index contributed by atoms with van der Waals surface area (Å²) in [5.41, 5.74) is 0.970. The molecule has 4 nitrogen and oxygen atoms in total. The number of nitrogens with zero attached hydrogens (tertiary/aromatic N) is 2. The molecule has 0 aliphatic heterocycles. The lowest BCUT2D eigenvalue weighted by molar-refractivity contribution is 0.356. The van der Waals surface area contributed by atoms with Gasteiger partial charge in [0.25, 0.3) is 6.01 Å². The molecule has 2 rings (SSSR count). The minimum Gasteiger partial charge on any atom is -0.432 e. The van der Waals surface area contributed by atoms with Gasteiger partial charge in [0.15, 0.2) is 0 Å². The first-order valence-electron chi connectivity index (χ1n) is 6.59. The Balaban J connectivity index is 1.86. The summed E-state index contributed by atoms with van der Waals surface area (Å²) in [5, 5.41) is 3.08. The third kappa shape index (κ3) is 3.46. The summed E-state index contributed by atoms with van der Waals surface area (Å²) in [5.74, 6) is 0.813. The largest absolute Gasteiger partial charge is 0.432 e. The minimum atomic E-state index is 0.751. The van der Waals surface area contributed by atoms with Gasteiger partial charge in [-0.2, -0.15) is 4.98 Å². The van der Waals surface area contributed by atoms with Crippen molar-refractivity contribution in [3.05, 3.63) is 12.0 Å². The first-order valence-corrected chi connectivity index (χ1v) is 6.59. The van der Waals surface area contributed by atoms with Crippen molar-refractivity contribution >= 4 is 6.01 Å². The summed E-state index contributed by atoms with van der Waals surface area (Å²) in [6, 6.07) is 0.751. The van der Waals surface area contributed by atoms with Crippen LogP contribution in [0.25, 0.3) is 0 Å². The molecule has 0 amide bonds. The fraction of sp³-hybridized carbons (Fsp3) is 0.769. The Morgan fingerprint density at radius 3 is 2.88 bits per heavy atom. The number of oxazole rings is 1. The van der Waals surface area contributed by atoms with E-state index >= 15 is 0 Å². The van der Waals surface area contributed by atoms with Gasteiger partial charge in [-0.25, -0.2) is 0 Å². The second-order valence-corrected chi connectivity index (χ2v) is 5.04. The number of hydrogen-bond donors (Lipinski definition) is 1. The van der Waals surface area contributed by atoms with Crippen LogP contribution in [-0.4, -0.2) is 25.6 Å². The lowest BCUT2D eigenvalue weighted by Crippen LogP contribution is -2.27. The van der Waals surface area contributed by atoms with Crippen LogP contribution in [0.4, 0.5) is 6.01 Å². The first-order chi connectivity index (χ1) is 8.29. The molecule has 0 spiro atoms.